The zero-order chi connectivity index (χ0) is 15.4. The molecule has 10 heteroatoms. The Hall–Kier alpha value is -0.990. The molecular formula is C11H9Cl3N4O2S. The van der Waals surface area contributed by atoms with Gasteiger partial charge in [0, 0.05) is 0 Å². The molecule has 0 radical (unpaired) electrons. The number of anilines is 1. The zero-order valence-corrected chi connectivity index (χ0v) is 13.5. The largest absolute Gasteiger partial charge is 0.415 e. The number of amides is 1. The molecule has 1 aromatic carbocycles. The Morgan fingerprint density at radius 2 is 1.95 bits per heavy atom. The lowest BCUT2D eigenvalue weighted by molar-refractivity contribution is -0.113. The summed E-state index contributed by atoms with van der Waals surface area (Å²) in [6, 6.07) is 2.94. The quantitative estimate of drug-likeness (QED) is 0.622. The Labute approximate surface area is 139 Å². The first kappa shape index (κ1) is 16.4. The molecule has 0 saturated carbocycles. The summed E-state index contributed by atoms with van der Waals surface area (Å²) < 4.78 is 5.16. The molecule has 0 fully saturated rings. The van der Waals surface area contributed by atoms with Crippen molar-refractivity contribution in [2.24, 2.45) is 5.73 Å². The van der Waals surface area contributed by atoms with Gasteiger partial charge in [-0.15, -0.1) is 10.2 Å². The lowest BCUT2D eigenvalue weighted by Gasteiger charge is -2.07. The van der Waals surface area contributed by atoms with Crippen molar-refractivity contribution in [3.63, 3.8) is 0 Å². The highest BCUT2D eigenvalue weighted by Gasteiger charge is 2.12. The molecular weight excluding hydrogens is 359 g/mol. The summed E-state index contributed by atoms with van der Waals surface area (Å²) >= 11 is 18.7. The number of thioether (sulfide) groups is 1. The fraction of sp³-hybridized carbons (Fsp3) is 0.182. The highest BCUT2D eigenvalue weighted by molar-refractivity contribution is 7.99. The van der Waals surface area contributed by atoms with Crippen LogP contribution in [0.25, 0.3) is 0 Å². The second-order valence-corrected chi connectivity index (χ2v) is 5.90. The lowest BCUT2D eigenvalue weighted by Crippen LogP contribution is -2.14. The Morgan fingerprint density at radius 3 is 2.62 bits per heavy atom. The first-order valence-corrected chi connectivity index (χ1v) is 7.71. The van der Waals surface area contributed by atoms with Gasteiger partial charge in [-0.1, -0.05) is 46.6 Å². The van der Waals surface area contributed by atoms with Crippen LogP contribution in [0.5, 0.6) is 0 Å². The molecule has 1 heterocycles. The van der Waals surface area contributed by atoms with Crippen molar-refractivity contribution in [1.82, 2.24) is 10.2 Å². The molecule has 1 amide bonds. The SMILES string of the molecule is NCc1nnc(SCC(=O)Nc2cc(Cl)c(Cl)cc2Cl)o1. The highest BCUT2D eigenvalue weighted by atomic mass is 35.5. The zero-order valence-electron chi connectivity index (χ0n) is 10.4. The van der Waals surface area contributed by atoms with E-state index in [0.717, 1.165) is 11.8 Å². The van der Waals surface area contributed by atoms with Gasteiger partial charge in [-0.05, 0) is 12.1 Å². The summed E-state index contributed by atoms with van der Waals surface area (Å²) in [4.78, 5) is 11.8. The van der Waals surface area contributed by atoms with E-state index >= 15 is 0 Å². The van der Waals surface area contributed by atoms with Crippen LogP contribution in [-0.4, -0.2) is 21.9 Å². The molecule has 0 spiro atoms. The molecule has 6 nitrogen and oxygen atoms in total. The molecule has 0 bridgehead atoms. The number of rotatable bonds is 5. The maximum atomic E-state index is 11.8. The number of carbonyl (C=O) groups is 1. The molecule has 1 aromatic heterocycles. The number of hydrogen-bond donors (Lipinski definition) is 2. The van der Waals surface area contributed by atoms with Crippen LogP contribution in [0.15, 0.2) is 21.8 Å². The number of carbonyl (C=O) groups excluding carboxylic acids is 1. The van der Waals surface area contributed by atoms with Crippen molar-refractivity contribution in [2.75, 3.05) is 11.1 Å². The van der Waals surface area contributed by atoms with E-state index < -0.39 is 0 Å². The minimum Gasteiger partial charge on any atom is -0.415 e. The number of benzene rings is 1. The standard InChI is InChI=1S/C11H9Cl3N4O2S/c12-5-1-7(14)8(2-6(5)13)16-9(19)4-21-11-18-17-10(3-15)20-11/h1-2H,3-4,15H2,(H,16,19). The molecule has 0 atom stereocenters. The molecule has 0 aliphatic rings. The van der Waals surface area contributed by atoms with Crippen LogP contribution in [-0.2, 0) is 11.3 Å². The molecule has 0 aliphatic heterocycles. The summed E-state index contributed by atoms with van der Waals surface area (Å²) in [6.07, 6.45) is 0. The first-order chi connectivity index (χ1) is 9.99. The van der Waals surface area contributed by atoms with Crippen LogP contribution < -0.4 is 11.1 Å². The molecule has 2 aromatic rings. The number of nitrogens with two attached hydrogens (primary N) is 1. The van der Waals surface area contributed by atoms with Gasteiger partial charge in [0.05, 0.1) is 33.1 Å². The minimum atomic E-state index is -0.298. The van der Waals surface area contributed by atoms with E-state index in [0.29, 0.717) is 26.6 Å². The van der Waals surface area contributed by atoms with Gasteiger partial charge in [-0.25, -0.2) is 0 Å². The molecule has 2 rings (SSSR count). The predicted octanol–water partition coefficient (Wildman–Crippen LogP) is 3.22. The Balaban J connectivity index is 1.94. The monoisotopic (exact) mass is 366 g/mol. The normalized spacial score (nSPS) is 10.7. The number of nitrogens with zero attached hydrogens (tertiary/aromatic N) is 2. The number of nitrogens with one attached hydrogen (secondary N) is 1. The average Bonchev–Trinajstić information content (AvgIpc) is 2.90. The Kier molecular flexibility index (Phi) is 5.72. The third-order valence-electron chi connectivity index (χ3n) is 2.23. The van der Waals surface area contributed by atoms with Crippen molar-refractivity contribution in [2.45, 2.75) is 11.8 Å². The average molecular weight is 368 g/mol. The molecule has 112 valence electrons. The van der Waals surface area contributed by atoms with Crippen LogP contribution >= 0.6 is 46.6 Å². The van der Waals surface area contributed by atoms with E-state index in [1.807, 2.05) is 0 Å². The van der Waals surface area contributed by atoms with Gasteiger partial charge >= 0.3 is 0 Å². The summed E-state index contributed by atoms with van der Waals surface area (Å²) in [7, 11) is 0. The summed E-state index contributed by atoms with van der Waals surface area (Å²) in [5.74, 6) is 0.0844. The summed E-state index contributed by atoms with van der Waals surface area (Å²) in [5.41, 5.74) is 5.72. The van der Waals surface area contributed by atoms with E-state index in [1.54, 1.807) is 0 Å². The second kappa shape index (κ2) is 7.33. The van der Waals surface area contributed by atoms with E-state index in [1.165, 1.54) is 12.1 Å². The highest BCUT2D eigenvalue weighted by Crippen LogP contribution is 2.32. The van der Waals surface area contributed by atoms with Gasteiger partial charge in [0.2, 0.25) is 11.8 Å². The van der Waals surface area contributed by atoms with E-state index in [2.05, 4.69) is 15.5 Å². The maximum absolute atomic E-state index is 11.8. The third kappa shape index (κ3) is 4.49. The van der Waals surface area contributed by atoms with Crippen molar-refractivity contribution >= 4 is 58.2 Å². The topological polar surface area (TPSA) is 94.0 Å². The molecule has 3 N–H and O–H groups in total. The number of halogens is 3. The first-order valence-electron chi connectivity index (χ1n) is 5.59. The van der Waals surface area contributed by atoms with Crippen LogP contribution in [0, 0.1) is 0 Å². The van der Waals surface area contributed by atoms with Gasteiger partial charge in [0.25, 0.3) is 5.22 Å². The molecule has 0 saturated heterocycles. The lowest BCUT2D eigenvalue weighted by atomic mass is 10.3. The molecule has 21 heavy (non-hydrogen) atoms. The molecule has 0 unspecified atom stereocenters. The Bertz CT molecular complexity index is 665. The van der Waals surface area contributed by atoms with Crippen molar-refractivity contribution in [3.05, 3.63) is 33.1 Å². The van der Waals surface area contributed by atoms with Gasteiger partial charge in [0.15, 0.2) is 0 Å². The maximum Gasteiger partial charge on any atom is 0.277 e. The second-order valence-electron chi connectivity index (χ2n) is 3.75. The van der Waals surface area contributed by atoms with Gasteiger partial charge in [-0.2, -0.15) is 0 Å². The van der Waals surface area contributed by atoms with Crippen LogP contribution in [0.4, 0.5) is 5.69 Å². The van der Waals surface area contributed by atoms with Crippen LogP contribution in [0.1, 0.15) is 5.89 Å². The number of hydrogen-bond acceptors (Lipinski definition) is 6. The van der Waals surface area contributed by atoms with Crippen molar-refractivity contribution in [3.8, 4) is 0 Å². The van der Waals surface area contributed by atoms with Crippen molar-refractivity contribution < 1.29 is 9.21 Å². The van der Waals surface area contributed by atoms with E-state index in [-0.39, 0.29) is 23.4 Å². The summed E-state index contributed by atoms with van der Waals surface area (Å²) in [6.45, 7) is 0.151. The van der Waals surface area contributed by atoms with Gasteiger partial charge in [-0.3, -0.25) is 4.79 Å². The van der Waals surface area contributed by atoms with E-state index in [9.17, 15) is 4.79 Å². The van der Waals surface area contributed by atoms with Crippen LogP contribution in [0.3, 0.4) is 0 Å². The Morgan fingerprint density at radius 1 is 1.24 bits per heavy atom. The smallest absolute Gasteiger partial charge is 0.277 e. The van der Waals surface area contributed by atoms with Gasteiger partial charge in [0.1, 0.15) is 0 Å². The van der Waals surface area contributed by atoms with Crippen LogP contribution in [0.2, 0.25) is 15.1 Å². The van der Waals surface area contributed by atoms with Gasteiger partial charge < -0.3 is 15.5 Å². The third-order valence-corrected chi connectivity index (χ3v) is 4.09. The van der Waals surface area contributed by atoms with Crippen molar-refractivity contribution in [1.29, 1.82) is 0 Å². The fourth-order valence-corrected chi connectivity index (χ4v) is 2.49. The minimum absolute atomic E-state index is 0.0722. The fourth-order valence-electron chi connectivity index (χ4n) is 1.31. The number of aromatic nitrogens is 2. The predicted molar refractivity (Wildman–Crippen MR) is 83.0 cm³/mol. The summed E-state index contributed by atoms with van der Waals surface area (Å²) in [5, 5.41) is 11.2. The molecule has 0 aliphatic carbocycles. The van der Waals surface area contributed by atoms with E-state index in [4.69, 9.17) is 45.0 Å².